The Morgan fingerprint density at radius 1 is 0.865 bits per heavy atom. The molecule has 10 nitrogen and oxygen atoms in total. The molecule has 1 heterocycles. The Balaban J connectivity index is 1.27. The Kier molecular flexibility index (Phi) is 7.85. The molecular formula is C26H25N3O7S. The molecule has 0 aliphatic rings. The maximum Gasteiger partial charge on any atom is 0.331 e. The summed E-state index contributed by atoms with van der Waals surface area (Å²) in [5.74, 6) is 0.268. The first-order valence-electron chi connectivity index (χ1n) is 11.5. The molecule has 0 aliphatic heterocycles. The summed E-state index contributed by atoms with van der Waals surface area (Å²) in [6.45, 7) is 0.118. The molecule has 0 aliphatic carbocycles. The van der Waals surface area contributed by atoms with Gasteiger partial charge in [0.1, 0.15) is 11.5 Å². The highest BCUT2D eigenvalue weighted by molar-refractivity contribution is 7.89. The molecule has 0 bridgehead atoms. The number of carbonyl (C=O) groups is 1. The Morgan fingerprint density at radius 3 is 2.24 bits per heavy atom. The number of nitrogens with one attached hydrogen (secondary N) is 1. The van der Waals surface area contributed by atoms with Gasteiger partial charge in [0.25, 0.3) is 15.6 Å². The van der Waals surface area contributed by atoms with Gasteiger partial charge in [0.2, 0.25) is 0 Å². The number of hydrogen-bond donors (Lipinski definition) is 1. The Labute approximate surface area is 212 Å². The van der Waals surface area contributed by atoms with Gasteiger partial charge in [-0.1, -0.05) is 30.3 Å². The van der Waals surface area contributed by atoms with Crippen molar-refractivity contribution in [2.24, 2.45) is 7.05 Å². The lowest BCUT2D eigenvalue weighted by Gasteiger charge is -2.11. The number of aryl methyl sites for hydroxylation is 1. The molecule has 0 unspecified atom stereocenters. The smallest absolute Gasteiger partial charge is 0.331 e. The molecule has 192 valence electrons. The van der Waals surface area contributed by atoms with E-state index in [1.165, 1.54) is 28.8 Å². The van der Waals surface area contributed by atoms with Crippen molar-refractivity contribution in [3.8, 4) is 11.5 Å². The molecule has 4 rings (SSSR count). The van der Waals surface area contributed by atoms with Gasteiger partial charge in [-0.2, -0.15) is 0 Å². The average molecular weight is 524 g/mol. The lowest BCUT2D eigenvalue weighted by atomic mass is 10.2. The zero-order valence-corrected chi connectivity index (χ0v) is 20.8. The highest BCUT2D eigenvalue weighted by Crippen LogP contribution is 2.22. The van der Waals surface area contributed by atoms with Gasteiger partial charge in [0.05, 0.1) is 15.8 Å². The number of sulfonamides is 1. The minimum Gasteiger partial charge on any atom is -0.457 e. The molecule has 0 atom stereocenters. The summed E-state index contributed by atoms with van der Waals surface area (Å²) in [5, 5.41) is 0.429. The van der Waals surface area contributed by atoms with Crippen LogP contribution in [0, 0.1) is 0 Å². The first-order chi connectivity index (χ1) is 17.8. The van der Waals surface area contributed by atoms with Gasteiger partial charge in [-0.25, -0.2) is 13.2 Å². The monoisotopic (exact) mass is 523 g/mol. The third kappa shape index (κ3) is 6.13. The van der Waals surface area contributed by atoms with Crippen molar-refractivity contribution in [2.45, 2.75) is 30.7 Å². The van der Waals surface area contributed by atoms with Gasteiger partial charge in [-0.05, 0) is 66.3 Å². The second kappa shape index (κ2) is 11.2. The Morgan fingerprint density at radius 2 is 1.51 bits per heavy atom. The quantitative estimate of drug-likeness (QED) is 0.250. The van der Waals surface area contributed by atoms with Gasteiger partial charge < -0.3 is 9.57 Å². The number of unbranched alkanes of at least 4 members (excludes halogenated alkanes) is 1. The van der Waals surface area contributed by atoms with E-state index in [1.807, 2.05) is 23.1 Å². The first-order valence-corrected chi connectivity index (χ1v) is 13.0. The molecule has 3 aromatic carbocycles. The standard InChI is InChI=1S/C26H25N3O7S/c1-28-23-12-6-5-11-22(23)25(31)29(26(28)32)18-8-7-13-24(30)36-27-37(33,34)21-16-14-20(15-17-21)35-19-9-3-2-4-10-19/h2-6,9-12,14-17,27H,7-8,13,18H2,1H3. The van der Waals surface area contributed by atoms with Crippen LogP contribution in [0.15, 0.2) is 93.3 Å². The van der Waals surface area contributed by atoms with Crippen molar-refractivity contribution in [1.82, 2.24) is 14.0 Å². The minimum atomic E-state index is -4.09. The summed E-state index contributed by atoms with van der Waals surface area (Å²) in [6, 6.07) is 21.5. The summed E-state index contributed by atoms with van der Waals surface area (Å²) in [6.07, 6.45) is 0.530. The van der Waals surface area contributed by atoms with Gasteiger partial charge >= 0.3 is 11.7 Å². The Hall–Kier alpha value is -4.22. The van der Waals surface area contributed by atoms with Crippen LogP contribution in [0.2, 0.25) is 0 Å². The van der Waals surface area contributed by atoms with Crippen LogP contribution in [0.1, 0.15) is 19.3 Å². The predicted octanol–water partition coefficient (Wildman–Crippen LogP) is 3.10. The molecule has 0 amide bonds. The zero-order valence-electron chi connectivity index (χ0n) is 20.0. The summed E-state index contributed by atoms with van der Waals surface area (Å²) in [4.78, 5) is 43.7. The maximum absolute atomic E-state index is 12.7. The van der Waals surface area contributed by atoms with E-state index in [-0.39, 0.29) is 24.3 Å². The van der Waals surface area contributed by atoms with Crippen LogP contribution in [0.5, 0.6) is 11.5 Å². The number of ether oxygens (including phenoxy) is 1. The summed E-state index contributed by atoms with van der Waals surface area (Å²) < 4.78 is 33.0. The van der Waals surface area contributed by atoms with Crippen molar-refractivity contribution in [1.29, 1.82) is 0 Å². The maximum atomic E-state index is 12.7. The van der Waals surface area contributed by atoms with Crippen LogP contribution in [0.4, 0.5) is 0 Å². The number of rotatable bonds is 10. The van der Waals surface area contributed by atoms with E-state index < -0.39 is 27.2 Å². The highest BCUT2D eigenvalue weighted by Gasteiger charge is 2.17. The predicted molar refractivity (Wildman–Crippen MR) is 137 cm³/mol. The molecule has 4 aromatic rings. The SMILES string of the molecule is Cn1c(=O)n(CCCCC(=O)ONS(=O)(=O)c2ccc(Oc3ccccc3)cc2)c(=O)c2ccccc21. The van der Waals surface area contributed by atoms with Crippen LogP contribution in [0.3, 0.4) is 0 Å². The van der Waals surface area contributed by atoms with Crippen LogP contribution in [-0.2, 0) is 33.2 Å². The molecule has 1 N–H and O–H groups in total. The largest absolute Gasteiger partial charge is 0.457 e. The average Bonchev–Trinajstić information content (AvgIpc) is 2.91. The van der Waals surface area contributed by atoms with Gasteiger partial charge in [-0.15, -0.1) is 0 Å². The van der Waals surface area contributed by atoms with Gasteiger partial charge in [0, 0.05) is 20.0 Å². The lowest BCUT2D eigenvalue weighted by molar-refractivity contribution is -0.147. The second-order valence-corrected chi connectivity index (χ2v) is 9.86. The molecule has 1 aromatic heterocycles. The topological polar surface area (TPSA) is 126 Å². The van der Waals surface area contributed by atoms with Crippen LogP contribution in [0.25, 0.3) is 10.9 Å². The van der Waals surface area contributed by atoms with Crippen LogP contribution in [-0.4, -0.2) is 23.5 Å². The van der Waals surface area contributed by atoms with E-state index in [0.717, 1.165) is 4.57 Å². The number of para-hydroxylation sites is 2. The summed E-state index contributed by atoms with van der Waals surface area (Å²) >= 11 is 0. The fourth-order valence-corrected chi connectivity index (χ4v) is 4.50. The summed E-state index contributed by atoms with van der Waals surface area (Å²) in [5.41, 5.74) is -0.295. The molecule has 0 fully saturated rings. The van der Waals surface area contributed by atoms with Crippen molar-refractivity contribution in [2.75, 3.05) is 0 Å². The molecule has 37 heavy (non-hydrogen) atoms. The van der Waals surface area contributed by atoms with Crippen LogP contribution >= 0.6 is 0 Å². The van der Waals surface area contributed by atoms with E-state index in [2.05, 4.69) is 0 Å². The highest BCUT2D eigenvalue weighted by atomic mass is 32.2. The van der Waals surface area contributed by atoms with E-state index >= 15 is 0 Å². The number of benzene rings is 3. The number of nitrogens with zero attached hydrogens (tertiary/aromatic N) is 2. The number of aromatic nitrogens is 2. The lowest BCUT2D eigenvalue weighted by Crippen LogP contribution is -2.39. The Bertz CT molecular complexity index is 1630. The molecular weight excluding hydrogens is 498 g/mol. The van der Waals surface area contributed by atoms with E-state index in [1.54, 1.807) is 43.4 Å². The van der Waals surface area contributed by atoms with Crippen molar-refractivity contribution in [3.63, 3.8) is 0 Å². The van der Waals surface area contributed by atoms with Crippen molar-refractivity contribution < 1.29 is 22.8 Å². The summed E-state index contributed by atoms with van der Waals surface area (Å²) in [7, 11) is -2.50. The molecule has 11 heteroatoms. The molecule has 0 spiro atoms. The van der Waals surface area contributed by atoms with E-state index in [9.17, 15) is 22.8 Å². The van der Waals surface area contributed by atoms with E-state index in [4.69, 9.17) is 9.57 Å². The van der Waals surface area contributed by atoms with Gasteiger partial charge in [0.15, 0.2) is 0 Å². The van der Waals surface area contributed by atoms with Gasteiger partial charge in [-0.3, -0.25) is 18.7 Å². The van der Waals surface area contributed by atoms with Crippen molar-refractivity contribution >= 4 is 26.9 Å². The number of carbonyl (C=O) groups excluding carboxylic acids is 1. The van der Waals surface area contributed by atoms with Crippen molar-refractivity contribution in [3.05, 3.63) is 99.7 Å². The van der Waals surface area contributed by atoms with Crippen LogP contribution < -0.4 is 20.9 Å². The number of hydrogen-bond acceptors (Lipinski definition) is 7. The first kappa shape index (κ1) is 25.9. The second-order valence-electron chi connectivity index (χ2n) is 8.22. The fourth-order valence-electron chi connectivity index (χ4n) is 3.71. The zero-order chi connectivity index (χ0) is 26.4. The molecule has 0 saturated heterocycles. The number of fused-ring (bicyclic) bond motifs is 1. The normalized spacial score (nSPS) is 11.4. The molecule has 0 radical (unpaired) electrons. The molecule has 0 saturated carbocycles. The van der Waals surface area contributed by atoms with E-state index in [0.29, 0.717) is 28.8 Å². The third-order valence-corrected chi connectivity index (χ3v) is 6.85. The minimum absolute atomic E-state index is 0.102. The third-order valence-electron chi connectivity index (χ3n) is 5.65. The fraction of sp³-hybridized carbons (Fsp3) is 0.192.